The van der Waals surface area contributed by atoms with E-state index in [1.165, 1.54) is 0 Å². The summed E-state index contributed by atoms with van der Waals surface area (Å²) in [6.45, 7) is 1.41. The third-order valence-electron chi connectivity index (χ3n) is 4.04. The summed E-state index contributed by atoms with van der Waals surface area (Å²) >= 11 is 0.984. The van der Waals surface area contributed by atoms with Crippen molar-refractivity contribution in [2.45, 2.75) is 25.4 Å². The molecular formula is C17H18N2O4S. The number of nitrogens with zero attached hydrogens (tertiary/aromatic N) is 2. The van der Waals surface area contributed by atoms with Crippen molar-refractivity contribution in [3.8, 4) is 0 Å². The highest BCUT2D eigenvalue weighted by Gasteiger charge is 2.27. The molecule has 1 saturated heterocycles. The maximum absolute atomic E-state index is 12.3. The quantitative estimate of drug-likeness (QED) is 0.918. The van der Waals surface area contributed by atoms with E-state index in [9.17, 15) is 9.59 Å². The Kier molecular flexibility index (Phi) is 5.10. The van der Waals surface area contributed by atoms with Crippen LogP contribution in [0.2, 0.25) is 0 Å². The number of carboxylic acids is 1. The van der Waals surface area contributed by atoms with Gasteiger partial charge in [0.1, 0.15) is 11.5 Å². The molecule has 0 radical (unpaired) electrons. The second kappa shape index (κ2) is 7.44. The molecule has 24 heavy (non-hydrogen) atoms. The lowest BCUT2D eigenvalue weighted by atomic mass is 9.95. The monoisotopic (exact) mass is 346 g/mol. The molecule has 1 atom stereocenters. The molecule has 2 heterocycles. The summed E-state index contributed by atoms with van der Waals surface area (Å²) < 4.78 is 9.60. The standard InChI is InChI=1S/C17H18N2O4S/c20-16(21)15-9-14(18-24-15)13-7-4-8-19(10-13)17(22)23-11-12-5-2-1-3-6-12/h1-3,5-6,9,13H,4,7-8,10-11H2,(H,20,21). The minimum absolute atomic E-state index is 0.0624. The number of carboxylic acid groups (broad SMARTS) is 1. The Morgan fingerprint density at radius 2 is 2.12 bits per heavy atom. The Morgan fingerprint density at radius 3 is 2.83 bits per heavy atom. The van der Waals surface area contributed by atoms with E-state index in [4.69, 9.17) is 9.84 Å². The molecule has 3 rings (SSSR count). The third kappa shape index (κ3) is 3.91. The Morgan fingerprint density at radius 1 is 1.33 bits per heavy atom. The number of aromatic nitrogens is 1. The van der Waals surface area contributed by atoms with Crippen molar-refractivity contribution in [1.29, 1.82) is 0 Å². The number of ether oxygens (including phenoxy) is 1. The normalized spacial score (nSPS) is 17.5. The van der Waals surface area contributed by atoms with Crippen molar-refractivity contribution < 1.29 is 19.4 Å². The largest absolute Gasteiger partial charge is 0.477 e. The number of likely N-dealkylation sites (tertiary alicyclic amines) is 1. The summed E-state index contributed by atoms with van der Waals surface area (Å²) in [5, 5.41) is 9.00. The van der Waals surface area contributed by atoms with E-state index < -0.39 is 5.97 Å². The number of piperidine rings is 1. The van der Waals surface area contributed by atoms with Gasteiger partial charge in [0, 0.05) is 19.0 Å². The van der Waals surface area contributed by atoms with Crippen LogP contribution in [0, 0.1) is 0 Å². The van der Waals surface area contributed by atoms with Crippen LogP contribution in [-0.4, -0.2) is 39.5 Å². The first kappa shape index (κ1) is 16.4. The van der Waals surface area contributed by atoms with Crippen LogP contribution < -0.4 is 0 Å². The van der Waals surface area contributed by atoms with Gasteiger partial charge in [0.05, 0.1) is 5.69 Å². The minimum atomic E-state index is -0.964. The molecule has 1 unspecified atom stereocenters. The van der Waals surface area contributed by atoms with Crippen molar-refractivity contribution in [2.75, 3.05) is 13.1 Å². The Balaban J connectivity index is 1.58. The average molecular weight is 346 g/mol. The highest BCUT2D eigenvalue weighted by atomic mass is 32.1. The van der Waals surface area contributed by atoms with Crippen LogP contribution in [0.4, 0.5) is 4.79 Å². The zero-order chi connectivity index (χ0) is 16.9. The smallest absolute Gasteiger partial charge is 0.410 e. The van der Waals surface area contributed by atoms with Gasteiger partial charge in [0.15, 0.2) is 0 Å². The molecule has 1 amide bonds. The van der Waals surface area contributed by atoms with Crippen LogP contribution in [0.1, 0.15) is 39.7 Å². The van der Waals surface area contributed by atoms with Gasteiger partial charge in [0.25, 0.3) is 0 Å². The van der Waals surface area contributed by atoms with Crippen molar-refractivity contribution in [1.82, 2.24) is 9.27 Å². The summed E-state index contributed by atoms with van der Waals surface area (Å²) in [6, 6.07) is 11.2. The second-order valence-electron chi connectivity index (χ2n) is 5.75. The Hall–Kier alpha value is -2.41. The summed E-state index contributed by atoms with van der Waals surface area (Å²) in [5.74, 6) is -0.902. The fourth-order valence-electron chi connectivity index (χ4n) is 2.78. The van der Waals surface area contributed by atoms with Gasteiger partial charge < -0.3 is 14.7 Å². The second-order valence-corrected chi connectivity index (χ2v) is 6.55. The van der Waals surface area contributed by atoms with Crippen molar-refractivity contribution >= 4 is 23.6 Å². The number of rotatable bonds is 4. The van der Waals surface area contributed by atoms with Gasteiger partial charge in [-0.3, -0.25) is 0 Å². The molecule has 0 spiro atoms. The topological polar surface area (TPSA) is 79.7 Å². The van der Waals surface area contributed by atoms with Gasteiger partial charge in [-0.05, 0) is 36.0 Å². The Bertz CT molecular complexity index is 716. The molecule has 1 aliphatic rings. The minimum Gasteiger partial charge on any atom is -0.477 e. The summed E-state index contributed by atoms with van der Waals surface area (Å²) in [4.78, 5) is 25.1. The van der Waals surface area contributed by atoms with E-state index in [-0.39, 0.29) is 23.5 Å². The lowest BCUT2D eigenvalue weighted by Crippen LogP contribution is -2.39. The van der Waals surface area contributed by atoms with Crippen LogP contribution in [0.25, 0.3) is 0 Å². The molecule has 1 aliphatic heterocycles. The number of carbonyl (C=O) groups excluding carboxylic acids is 1. The van der Waals surface area contributed by atoms with Gasteiger partial charge >= 0.3 is 12.1 Å². The number of carbonyl (C=O) groups is 2. The van der Waals surface area contributed by atoms with Gasteiger partial charge in [-0.25, -0.2) is 9.59 Å². The molecule has 0 saturated carbocycles. The van der Waals surface area contributed by atoms with Gasteiger partial charge in [-0.15, -0.1) is 0 Å². The summed E-state index contributed by atoms with van der Waals surface area (Å²) in [5.41, 5.74) is 1.70. The zero-order valence-corrected chi connectivity index (χ0v) is 13.9. The lowest BCUT2D eigenvalue weighted by Gasteiger charge is -2.31. The molecule has 2 aromatic rings. The molecule has 1 aromatic heterocycles. The fourth-order valence-corrected chi connectivity index (χ4v) is 3.43. The van der Waals surface area contributed by atoms with E-state index in [1.54, 1.807) is 11.0 Å². The molecule has 7 heteroatoms. The number of hydrogen-bond donors (Lipinski definition) is 1. The van der Waals surface area contributed by atoms with Crippen LogP contribution in [0.3, 0.4) is 0 Å². The van der Waals surface area contributed by atoms with E-state index in [0.717, 1.165) is 35.6 Å². The highest BCUT2D eigenvalue weighted by molar-refractivity contribution is 7.08. The molecular weight excluding hydrogens is 328 g/mol. The van der Waals surface area contributed by atoms with Gasteiger partial charge in [0.2, 0.25) is 0 Å². The average Bonchev–Trinajstić information content (AvgIpc) is 3.11. The summed E-state index contributed by atoms with van der Waals surface area (Å²) in [6.07, 6.45) is 1.41. The van der Waals surface area contributed by atoms with Gasteiger partial charge in [-0.1, -0.05) is 30.3 Å². The Labute approximate surface area is 143 Å². The lowest BCUT2D eigenvalue weighted by molar-refractivity contribution is 0.0701. The number of benzene rings is 1. The molecule has 0 bridgehead atoms. The number of hydrogen-bond acceptors (Lipinski definition) is 5. The molecule has 6 nitrogen and oxygen atoms in total. The first-order valence-corrected chi connectivity index (χ1v) is 8.56. The SMILES string of the molecule is O=C(O)c1cc(C2CCCN(C(=O)OCc3ccccc3)C2)ns1. The number of aromatic carboxylic acids is 1. The maximum Gasteiger partial charge on any atom is 0.410 e. The van der Waals surface area contributed by atoms with Crippen molar-refractivity contribution in [3.05, 3.63) is 52.5 Å². The maximum atomic E-state index is 12.3. The zero-order valence-electron chi connectivity index (χ0n) is 13.1. The van der Waals surface area contributed by atoms with Crippen LogP contribution in [0.5, 0.6) is 0 Å². The van der Waals surface area contributed by atoms with Crippen LogP contribution in [0.15, 0.2) is 36.4 Å². The first-order chi connectivity index (χ1) is 11.6. The van der Waals surface area contributed by atoms with E-state index >= 15 is 0 Å². The van der Waals surface area contributed by atoms with E-state index in [1.807, 2.05) is 30.3 Å². The molecule has 126 valence electrons. The molecule has 0 aliphatic carbocycles. The molecule has 1 fully saturated rings. The first-order valence-electron chi connectivity index (χ1n) is 7.79. The predicted octanol–water partition coefficient (Wildman–Crippen LogP) is 3.36. The fraction of sp³-hybridized carbons (Fsp3) is 0.353. The van der Waals surface area contributed by atoms with E-state index in [2.05, 4.69) is 4.37 Å². The highest BCUT2D eigenvalue weighted by Crippen LogP contribution is 2.28. The molecule has 1 aromatic carbocycles. The number of amides is 1. The van der Waals surface area contributed by atoms with Crippen LogP contribution in [-0.2, 0) is 11.3 Å². The molecule has 1 N–H and O–H groups in total. The van der Waals surface area contributed by atoms with Crippen LogP contribution >= 0.6 is 11.5 Å². The van der Waals surface area contributed by atoms with Gasteiger partial charge in [-0.2, -0.15) is 4.37 Å². The van der Waals surface area contributed by atoms with Crippen molar-refractivity contribution in [3.63, 3.8) is 0 Å². The third-order valence-corrected chi connectivity index (χ3v) is 4.83. The predicted molar refractivity (Wildman–Crippen MR) is 89.2 cm³/mol. The summed E-state index contributed by atoms with van der Waals surface area (Å²) in [7, 11) is 0. The van der Waals surface area contributed by atoms with Crippen molar-refractivity contribution in [2.24, 2.45) is 0 Å². The van der Waals surface area contributed by atoms with E-state index in [0.29, 0.717) is 13.1 Å².